The van der Waals surface area contributed by atoms with Gasteiger partial charge in [0.1, 0.15) is 0 Å². The number of nitrogens with two attached hydrogens (primary N) is 1. The van der Waals surface area contributed by atoms with Crippen LogP contribution in [0.3, 0.4) is 0 Å². The summed E-state index contributed by atoms with van der Waals surface area (Å²) in [4.78, 5) is 24.8. The molecule has 1 aliphatic heterocycles. The van der Waals surface area contributed by atoms with E-state index in [1.807, 2.05) is 4.90 Å². The van der Waals surface area contributed by atoms with E-state index >= 15 is 0 Å². The maximum Gasteiger partial charge on any atom is 0.231 e. The number of carbonyl (C=O) groups excluding carboxylic acids is 2. The molecule has 1 rings (SSSR count). The molecule has 0 aromatic rings. The van der Waals surface area contributed by atoms with Gasteiger partial charge in [0.2, 0.25) is 12.3 Å². The fraction of sp³-hybridized carbons (Fsp3) is 0.750. The van der Waals surface area contributed by atoms with Crippen LogP contribution in [-0.4, -0.2) is 54.8 Å². The SMILES string of the molecule is NC(=O)CN1CCCN(C=O)CC1. The van der Waals surface area contributed by atoms with Crippen molar-refractivity contribution in [2.24, 2.45) is 5.73 Å². The summed E-state index contributed by atoms with van der Waals surface area (Å²) in [6, 6.07) is 0. The standard InChI is InChI=1S/C8H15N3O2/c9-8(13)6-10-2-1-3-11(7-12)5-4-10/h7H,1-6H2,(H2,9,13). The molecule has 5 heteroatoms. The zero-order chi connectivity index (χ0) is 9.68. The fourth-order valence-electron chi connectivity index (χ4n) is 1.47. The third-order valence-electron chi connectivity index (χ3n) is 2.15. The highest BCUT2D eigenvalue weighted by molar-refractivity contribution is 5.75. The highest BCUT2D eigenvalue weighted by atomic mass is 16.1. The summed E-state index contributed by atoms with van der Waals surface area (Å²) in [5.74, 6) is -0.306. The van der Waals surface area contributed by atoms with Gasteiger partial charge in [-0.2, -0.15) is 0 Å². The van der Waals surface area contributed by atoms with Crippen LogP contribution in [-0.2, 0) is 9.59 Å². The van der Waals surface area contributed by atoms with Crippen molar-refractivity contribution in [1.82, 2.24) is 9.80 Å². The number of rotatable bonds is 3. The second-order valence-corrected chi connectivity index (χ2v) is 3.24. The summed E-state index contributed by atoms with van der Waals surface area (Å²) >= 11 is 0. The lowest BCUT2D eigenvalue weighted by Gasteiger charge is -2.17. The minimum Gasteiger partial charge on any atom is -0.369 e. The van der Waals surface area contributed by atoms with Crippen molar-refractivity contribution in [3.05, 3.63) is 0 Å². The first-order valence-corrected chi connectivity index (χ1v) is 4.42. The first-order valence-electron chi connectivity index (χ1n) is 4.42. The quantitative estimate of drug-likeness (QED) is 0.552. The molecule has 1 heterocycles. The Balaban J connectivity index is 2.35. The van der Waals surface area contributed by atoms with Gasteiger partial charge in [0, 0.05) is 26.2 Å². The topological polar surface area (TPSA) is 66.6 Å². The van der Waals surface area contributed by atoms with Crippen molar-refractivity contribution in [3.8, 4) is 0 Å². The van der Waals surface area contributed by atoms with E-state index in [1.165, 1.54) is 0 Å². The fourth-order valence-corrected chi connectivity index (χ4v) is 1.47. The maximum atomic E-state index is 10.6. The van der Waals surface area contributed by atoms with Crippen LogP contribution in [0.2, 0.25) is 0 Å². The van der Waals surface area contributed by atoms with Gasteiger partial charge in [-0.1, -0.05) is 0 Å². The second-order valence-electron chi connectivity index (χ2n) is 3.24. The zero-order valence-electron chi connectivity index (χ0n) is 7.61. The van der Waals surface area contributed by atoms with E-state index in [2.05, 4.69) is 0 Å². The molecular weight excluding hydrogens is 170 g/mol. The lowest BCUT2D eigenvalue weighted by Crippen LogP contribution is -2.36. The average molecular weight is 185 g/mol. The molecule has 0 aliphatic carbocycles. The van der Waals surface area contributed by atoms with Crippen LogP contribution in [0.4, 0.5) is 0 Å². The van der Waals surface area contributed by atoms with Crippen molar-refractivity contribution >= 4 is 12.3 Å². The Kier molecular flexibility index (Phi) is 3.70. The Morgan fingerprint density at radius 2 is 2.08 bits per heavy atom. The molecule has 0 aromatic carbocycles. The number of carbonyl (C=O) groups is 2. The van der Waals surface area contributed by atoms with Gasteiger partial charge in [0.25, 0.3) is 0 Å². The predicted octanol–water partition coefficient (Wildman–Crippen LogP) is -1.36. The molecule has 0 atom stereocenters. The molecule has 0 bridgehead atoms. The van der Waals surface area contributed by atoms with E-state index in [4.69, 9.17) is 5.73 Å². The van der Waals surface area contributed by atoms with Crippen molar-refractivity contribution in [1.29, 1.82) is 0 Å². The molecule has 0 radical (unpaired) electrons. The molecule has 0 unspecified atom stereocenters. The molecule has 1 aliphatic rings. The molecule has 2 amide bonds. The smallest absolute Gasteiger partial charge is 0.231 e. The lowest BCUT2D eigenvalue weighted by molar-refractivity contribution is -0.119. The molecule has 0 aromatic heterocycles. The first-order chi connectivity index (χ1) is 6.22. The van der Waals surface area contributed by atoms with Crippen LogP contribution in [0.15, 0.2) is 0 Å². The summed E-state index contributed by atoms with van der Waals surface area (Å²) in [5.41, 5.74) is 5.08. The van der Waals surface area contributed by atoms with Crippen molar-refractivity contribution in [2.45, 2.75) is 6.42 Å². The van der Waals surface area contributed by atoms with Gasteiger partial charge in [-0.15, -0.1) is 0 Å². The number of hydrogen-bond acceptors (Lipinski definition) is 3. The maximum absolute atomic E-state index is 10.6. The predicted molar refractivity (Wildman–Crippen MR) is 47.9 cm³/mol. The van der Waals surface area contributed by atoms with Crippen LogP contribution in [0, 0.1) is 0 Å². The van der Waals surface area contributed by atoms with E-state index in [1.54, 1.807) is 4.90 Å². The van der Waals surface area contributed by atoms with Crippen molar-refractivity contribution < 1.29 is 9.59 Å². The minimum atomic E-state index is -0.306. The van der Waals surface area contributed by atoms with Crippen LogP contribution < -0.4 is 5.73 Å². The van der Waals surface area contributed by atoms with E-state index in [9.17, 15) is 9.59 Å². The highest BCUT2D eigenvalue weighted by Gasteiger charge is 2.14. The Bertz CT molecular complexity index is 196. The van der Waals surface area contributed by atoms with Gasteiger partial charge in [-0.3, -0.25) is 14.5 Å². The number of amides is 2. The number of nitrogens with zero attached hydrogens (tertiary/aromatic N) is 2. The van der Waals surface area contributed by atoms with Gasteiger partial charge in [0.15, 0.2) is 0 Å². The Morgan fingerprint density at radius 1 is 1.31 bits per heavy atom. The summed E-state index contributed by atoms with van der Waals surface area (Å²) in [6.45, 7) is 3.34. The summed E-state index contributed by atoms with van der Waals surface area (Å²) in [6.07, 6.45) is 1.76. The number of primary amides is 1. The van der Waals surface area contributed by atoms with Crippen molar-refractivity contribution in [2.75, 3.05) is 32.7 Å². The Hall–Kier alpha value is -1.10. The molecule has 74 valence electrons. The molecule has 5 nitrogen and oxygen atoms in total. The molecule has 0 spiro atoms. The van der Waals surface area contributed by atoms with Gasteiger partial charge in [0.05, 0.1) is 6.54 Å². The largest absolute Gasteiger partial charge is 0.369 e. The Labute approximate surface area is 77.5 Å². The van der Waals surface area contributed by atoms with E-state index < -0.39 is 0 Å². The monoisotopic (exact) mass is 185 g/mol. The summed E-state index contributed by atoms with van der Waals surface area (Å²) in [7, 11) is 0. The second kappa shape index (κ2) is 4.81. The zero-order valence-corrected chi connectivity index (χ0v) is 7.61. The molecular formula is C8H15N3O2. The summed E-state index contributed by atoms with van der Waals surface area (Å²) in [5, 5.41) is 0. The average Bonchev–Trinajstić information content (AvgIpc) is 2.29. The van der Waals surface area contributed by atoms with Gasteiger partial charge < -0.3 is 10.6 Å². The minimum absolute atomic E-state index is 0.298. The third kappa shape index (κ3) is 3.42. The Morgan fingerprint density at radius 3 is 2.69 bits per heavy atom. The van der Waals surface area contributed by atoms with Crippen LogP contribution in [0.5, 0.6) is 0 Å². The molecule has 1 fully saturated rings. The number of hydrogen-bond donors (Lipinski definition) is 1. The van der Waals surface area contributed by atoms with E-state index in [0.29, 0.717) is 13.1 Å². The van der Waals surface area contributed by atoms with E-state index in [-0.39, 0.29) is 5.91 Å². The van der Waals surface area contributed by atoms with Crippen molar-refractivity contribution in [3.63, 3.8) is 0 Å². The van der Waals surface area contributed by atoms with Crippen LogP contribution >= 0.6 is 0 Å². The van der Waals surface area contributed by atoms with Gasteiger partial charge >= 0.3 is 0 Å². The molecule has 2 N–H and O–H groups in total. The normalized spacial score (nSPS) is 19.5. The summed E-state index contributed by atoms with van der Waals surface area (Å²) < 4.78 is 0. The molecule has 13 heavy (non-hydrogen) atoms. The molecule has 0 saturated carbocycles. The van der Waals surface area contributed by atoms with E-state index in [0.717, 1.165) is 32.5 Å². The van der Waals surface area contributed by atoms with Crippen LogP contribution in [0.25, 0.3) is 0 Å². The highest BCUT2D eigenvalue weighted by Crippen LogP contribution is 1.99. The van der Waals surface area contributed by atoms with Gasteiger partial charge in [-0.05, 0) is 6.42 Å². The van der Waals surface area contributed by atoms with Gasteiger partial charge in [-0.25, -0.2) is 0 Å². The third-order valence-corrected chi connectivity index (χ3v) is 2.15. The molecule has 1 saturated heterocycles. The lowest BCUT2D eigenvalue weighted by atomic mass is 10.4. The first kappa shape index (κ1) is 9.98. The van der Waals surface area contributed by atoms with Crippen LogP contribution in [0.1, 0.15) is 6.42 Å².